The van der Waals surface area contributed by atoms with Crippen LogP contribution in [0.5, 0.6) is 0 Å². The molecular formula is C11H22N2O2. The van der Waals surface area contributed by atoms with Gasteiger partial charge in [-0.2, -0.15) is 0 Å². The summed E-state index contributed by atoms with van der Waals surface area (Å²) >= 11 is 0. The van der Waals surface area contributed by atoms with E-state index in [9.17, 15) is 5.11 Å². The molecule has 2 rings (SSSR count). The monoisotopic (exact) mass is 214 g/mol. The number of nitrogens with one attached hydrogen (secondary N) is 1. The second kappa shape index (κ2) is 5.80. The van der Waals surface area contributed by atoms with Crippen molar-refractivity contribution in [1.29, 1.82) is 0 Å². The molecule has 4 nitrogen and oxygen atoms in total. The van der Waals surface area contributed by atoms with Gasteiger partial charge in [-0.1, -0.05) is 0 Å². The van der Waals surface area contributed by atoms with E-state index in [2.05, 4.69) is 10.2 Å². The lowest BCUT2D eigenvalue weighted by molar-refractivity contribution is 0.00308. The van der Waals surface area contributed by atoms with Crippen molar-refractivity contribution in [2.75, 3.05) is 46.0 Å². The molecule has 88 valence electrons. The van der Waals surface area contributed by atoms with E-state index in [-0.39, 0.29) is 0 Å². The number of hydrogen-bond acceptors (Lipinski definition) is 4. The highest BCUT2D eigenvalue weighted by Gasteiger charge is 2.29. The molecule has 2 saturated heterocycles. The topological polar surface area (TPSA) is 44.7 Å². The van der Waals surface area contributed by atoms with Crippen LogP contribution >= 0.6 is 0 Å². The van der Waals surface area contributed by atoms with Crippen molar-refractivity contribution in [3.05, 3.63) is 0 Å². The predicted octanol–water partition coefficient (Wildman–Crippen LogP) is -0.321. The summed E-state index contributed by atoms with van der Waals surface area (Å²) < 4.78 is 5.37. The molecule has 0 bridgehead atoms. The summed E-state index contributed by atoms with van der Waals surface area (Å²) in [6.07, 6.45) is 2.21. The van der Waals surface area contributed by atoms with Crippen LogP contribution in [-0.4, -0.2) is 62.0 Å². The first-order valence-electron chi connectivity index (χ1n) is 6.05. The van der Waals surface area contributed by atoms with Gasteiger partial charge in [0.25, 0.3) is 0 Å². The van der Waals surface area contributed by atoms with Gasteiger partial charge in [0, 0.05) is 45.4 Å². The van der Waals surface area contributed by atoms with E-state index in [1.54, 1.807) is 0 Å². The van der Waals surface area contributed by atoms with Gasteiger partial charge in [0.1, 0.15) is 0 Å². The van der Waals surface area contributed by atoms with Crippen LogP contribution in [-0.2, 0) is 4.74 Å². The highest BCUT2D eigenvalue weighted by molar-refractivity contribution is 4.83. The number of aliphatic hydroxyl groups is 1. The zero-order valence-corrected chi connectivity index (χ0v) is 9.32. The van der Waals surface area contributed by atoms with Crippen LogP contribution < -0.4 is 5.32 Å². The first-order chi connectivity index (χ1) is 7.42. The van der Waals surface area contributed by atoms with Gasteiger partial charge in [-0.05, 0) is 18.8 Å². The van der Waals surface area contributed by atoms with E-state index < -0.39 is 0 Å². The lowest BCUT2D eigenvalue weighted by Crippen LogP contribution is -2.53. The number of nitrogens with zero attached hydrogens (tertiary/aromatic N) is 1. The predicted molar refractivity (Wildman–Crippen MR) is 58.9 cm³/mol. The Labute approximate surface area is 91.6 Å². The zero-order chi connectivity index (χ0) is 10.5. The summed E-state index contributed by atoms with van der Waals surface area (Å²) in [6, 6.07) is 0.357. The van der Waals surface area contributed by atoms with E-state index in [1.807, 2.05) is 0 Å². The molecule has 0 aliphatic carbocycles. The Morgan fingerprint density at radius 2 is 1.93 bits per heavy atom. The fourth-order valence-electron chi connectivity index (χ4n) is 2.68. The normalized spacial score (nSPS) is 27.8. The summed E-state index contributed by atoms with van der Waals surface area (Å²) in [6.45, 7) is 6.29. The van der Waals surface area contributed by atoms with Crippen molar-refractivity contribution >= 4 is 0 Å². The van der Waals surface area contributed by atoms with Crippen molar-refractivity contribution in [2.24, 2.45) is 5.92 Å². The SMILES string of the molecule is OCC(C1CCOCC1)N1CCNCC1. The average Bonchev–Trinajstić information content (AvgIpc) is 2.33. The molecule has 0 aromatic carbocycles. The van der Waals surface area contributed by atoms with Crippen LogP contribution in [0.2, 0.25) is 0 Å². The minimum Gasteiger partial charge on any atom is -0.395 e. The highest BCUT2D eigenvalue weighted by Crippen LogP contribution is 2.22. The molecular weight excluding hydrogens is 192 g/mol. The third-order valence-corrected chi connectivity index (χ3v) is 3.62. The highest BCUT2D eigenvalue weighted by atomic mass is 16.5. The van der Waals surface area contributed by atoms with Gasteiger partial charge in [-0.25, -0.2) is 0 Å². The van der Waals surface area contributed by atoms with Crippen LogP contribution in [0, 0.1) is 5.92 Å². The van der Waals surface area contributed by atoms with E-state index in [4.69, 9.17) is 4.74 Å². The van der Waals surface area contributed by atoms with Crippen LogP contribution in [0.4, 0.5) is 0 Å². The Morgan fingerprint density at radius 1 is 1.27 bits per heavy atom. The molecule has 0 aromatic rings. The van der Waals surface area contributed by atoms with Crippen LogP contribution in [0.3, 0.4) is 0 Å². The van der Waals surface area contributed by atoms with Crippen molar-refractivity contribution in [2.45, 2.75) is 18.9 Å². The van der Waals surface area contributed by atoms with Crippen LogP contribution in [0.25, 0.3) is 0 Å². The molecule has 0 spiro atoms. The molecule has 15 heavy (non-hydrogen) atoms. The van der Waals surface area contributed by atoms with E-state index >= 15 is 0 Å². The molecule has 4 heteroatoms. The molecule has 2 heterocycles. The second-order valence-electron chi connectivity index (χ2n) is 4.49. The van der Waals surface area contributed by atoms with E-state index in [1.165, 1.54) is 0 Å². The lowest BCUT2D eigenvalue weighted by Gasteiger charge is -2.39. The molecule has 2 N–H and O–H groups in total. The molecule has 1 unspecified atom stereocenters. The Kier molecular flexibility index (Phi) is 4.38. The van der Waals surface area contributed by atoms with Crippen molar-refractivity contribution < 1.29 is 9.84 Å². The van der Waals surface area contributed by atoms with E-state index in [0.717, 1.165) is 52.2 Å². The average molecular weight is 214 g/mol. The number of ether oxygens (including phenoxy) is 1. The van der Waals surface area contributed by atoms with Crippen LogP contribution in [0.1, 0.15) is 12.8 Å². The van der Waals surface area contributed by atoms with E-state index in [0.29, 0.717) is 18.6 Å². The summed E-state index contributed by atoms with van der Waals surface area (Å²) in [5, 5.41) is 12.9. The van der Waals surface area contributed by atoms with Crippen molar-refractivity contribution in [3.63, 3.8) is 0 Å². The first kappa shape index (κ1) is 11.3. The number of hydrogen-bond donors (Lipinski definition) is 2. The van der Waals surface area contributed by atoms with Crippen molar-refractivity contribution in [3.8, 4) is 0 Å². The van der Waals surface area contributed by atoms with Gasteiger partial charge in [0.15, 0.2) is 0 Å². The first-order valence-corrected chi connectivity index (χ1v) is 6.05. The quantitative estimate of drug-likeness (QED) is 0.676. The summed E-state index contributed by atoms with van der Waals surface area (Å²) in [5.74, 6) is 0.627. The summed E-state index contributed by atoms with van der Waals surface area (Å²) in [4.78, 5) is 2.44. The molecule has 0 saturated carbocycles. The minimum absolute atomic E-state index is 0.296. The smallest absolute Gasteiger partial charge is 0.0589 e. The van der Waals surface area contributed by atoms with Gasteiger partial charge in [0.2, 0.25) is 0 Å². The van der Waals surface area contributed by atoms with Crippen molar-refractivity contribution in [1.82, 2.24) is 10.2 Å². The van der Waals surface area contributed by atoms with Gasteiger partial charge < -0.3 is 15.2 Å². The fraction of sp³-hybridized carbons (Fsp3) is 1.00. The second-order valence-corrected chi connectivity index (χ2v) is 4.49. The Morgan fingerprint density at radius 3 is 2.53 bits per heavy atom. The number of aliphatic hydroxyl groups excluding tert-OH is 1. The standard InChI is InChI=1S/C11H22N2O2/c14-9-11(10-1-7-15-8-2-10)13-5-3-12-4-6-13/h10-12,14H,1-9H2. The molecule has 0 radical (unpaired) electrons. The molecule has 1 atom stereocenters. The minimum atomic E-state index is 0.296. The van der Waals surface area contributed by atoms with Gasteiger partial charge in [-0.15, -0.1) is 0 Å². The summed E-state index contributed by atoms with van der Waals surface area (Å²) in [5.41, 5.74) is 0. The molecule has 0 amide bonds. The Bertz CT molecular complexity index is 159. The Hall–Kier alpha value is -0.160. The molecule has 2 fully saturated rings. The maximum atomic E-state index is 9.53. The third-order valence-electron chi connectivity index (χ3n) is 3.62. The largest absolute Gasteiger partial charge is 0.395 e. The van der Waals surface area contributed by atoms with Gasteiger partial charge in [-0.3, -0.25) is 4.90 Å². The maximum Gasteiger partial charge on any atom is 0.0589 e. The number of rotatable bonds is 3. The molecule has 0 aromatic heterocycles. The Balaban J connectivity index is 1.88. The zero-order valence-electron chi connectivity index (χ0n) is 9.32. The fourth-order valence-corrected chi connectivity index (χ4v) is 2.68. The summed E-state index contributed by atoms with van der Waals surface area (Å²) in [7, 11) is 0. The maximum absolute atomic E-state index is 9.53. The third kappa shape index (κ3) is 2.91. The lowest BCUT2D eigenvalue weighted by atomic mass is 9.90. The van der Waals surface area contributed by atoms with Gasteiger partial charge >= 0.3 is 0 Å². The van der Waals surface area contributed by atoms with Crippen LogP contribution in [0.15, 0.2) is 0 Å². The molecule has 2 aliphatic heterocycles. The number of piperazine rings is 1. The molecule has 2 aliphatic rings. The van der Waals surface area contributed by atoms with Gasteiger partial charge in [0.05, 0.1) is 6.61 Å².